The van der Waals surface area contributed by atoms with Crippen molar-refractivity contribution in [1.29, 1.82) is 0 Å². The summed E-state index contributed by atoms with van der Waals surface area (Å²) in [5.41, 5.74) is 2.22. The van der Waals surface area contributed by atoms with Crippen LogP contribution < -0.4 is 4.74 Å². The minimum atomic E-state index is -3.54. The average Bonchev–Trinajstić information content (AvgIpc) is 2.69. The zero-order valence-corrected chi connectivity index (χ0v) is 19.2. The van der Waals surface area contributed by atoms with Gasteiger partial charge < -0.3 is 14.4 Å². The summed E-state index contributed by atoms with van der Waals surface area (Å²) in [4.78, 5) is 14.2. The maximum Gasteiger partial charge on any atom is 0.282 e. The van der Waals surface area contributed by atoms with E-state index in [1.807, 2.05) is 45.9 Å². The van der Waals surface area contributed by atoms with Crippen molar-refractivity contribution in [2.75, 3.05) is 45.9 Å². The van der Waals surface area contributed by atoms with Crippen LogP contribution in [-0.2, 0) is 19.7 Å². The van der Waals surface area contributed by atoms with Crippen molar-refractivity contribution in [2.45, 2.75) is 46.3 Å². The third-order valence-corrected chi connectivity index (χ3v) is 7.50. The Bertz CT molecular complexity index is 842. The lowest BCUT2D eigenvalue weighted by Gasteiger charge is -2.40. The van der Waals surface area contributed by atoms with Crippen LogP contribution in [0.3, 0.4) is 0 Å². The lowest BCUT2D eigenvalue weighted by Crippen LogP contribution is -2.57. The highest BCUT2D eigenvalue weighted by Gasteiger charge is 2.37. The fourth-order valence-corrected chi connectivity index (χ4v) is 5.77. The molecule has 2 aliphatic heterocycles. The molecule has 2 saturated heterocycles. The van der Waals surface area contributed by atoms with E-state index < -0.39 is 10.2 Å². The largest absolute Gasteiger partial charge is 0.493 e. The Morgan fingerprint density at radius 1 is 1.07 bits per heavy atom. The summed E-state index contributed by atoms with van der Waals surface area (Å²) in [7, 11) is -3.54. The summed E-state index contributed by atoms with van der Waals surface area (Å²) in [5.74, 6) is 0.781. The molecule has 0 saturated carbocycles. The minimum absolute atomic E-state index is 0.00886. The SMILES string of the molecule is Cc1ccc(OCCC(=O)N2CCN(S(=O)(=O)N3CC(C)OC(C)C3)CC2)c(C)c1. The quantitative estimate of drug-likeness (QED) is 0.672. The van der Waals surface area contributed by atoms with Crippen LogP contribution in [0.5, 0.6) is 5.75 Å². The number of hydrogen-bond donors (Lipinski definition) is 0. The van der Waals surface area contributed by atoms with Gasteiger partial charge in [0.1, 0.15) is 5.75 Å². The van der Waals surface area contributed by atoms with Crippen molar-refractivity contribution in [1.82, 2.24) is 13.5 Å². The average molecular weight is 440 g/mol. The predicted octanol–water partition coefficient (Wildman–Crippen LogP) is 1.57. The molecule has 2 aliphatic rings. The fourth-order valence-electron chi connectivity index (χ4n) is 4.02. The van der Waals surface area contributed by atoms with Crippen LogP contribution in [0.25, 0.3) is 0 Å². The Balaban J connectivity index is 1.47. The highest BCUT2D eigenvalue weighted by molar-refractivity contribution is 7.86. The van der Waals surface area contributed by atoms with Gasteiger partial charge in [0.2, 0.25) is 5.91 Å². The summed E-state index contributed by atoms with van der Waals surface area (Å²) >= 11 is 0. The maximum absolute atomic E-state index is 13.0. The van der Waals surface area contributed by atoms with Crippen molar-refractivity contribution in [3.05, 3.63) is 29.3 Å². The van der Waals surface area contributed by atoms with Crippen LogP contribution in [0.1, 0.15) is 31.4 Å². The van der Waals surface area contributed by atoms with Gasteiger partial charge >= 0.3 is 0 Å². The third kappa shape index (κ3) is 5.51. The van der Waals surface area contributed by atoms with Crippen molar-refractivity contribution < 1.29 is 22.7 Å². The second-order valence-corrected chi connectivity index (χ2v) is 10.2. The maximum atomic E-state index is 13.0. The Labute approximate surface area is 179 Å². The predicted molar refractivity (Wildman–Crippen MR) is 115 cm³/mol. The van der Waals surface area contributed by atoms with Gasteiger partial charge in [0.15, 0.2) is 0 Å². The molecule has 1 aromatic rings. The summed E-state index contributed by atoms with van der Waals surface area (Å²) in [6, 6.07) is 5.96. The molecule has 168 valence electrons. The van der Waals surface area contributed by atoms with E-state index in [0.29, 0.717) is 45.9 Å². The molecule has 30 heavy (non-hydrogen) atoms. The molecule has 2 atom stereocenters. The monoisotopic (exact) mass is 439 g/mol. The molecule has 0 N–H and O–H groups in total. The van der Waals surface area contributed by atoms with Gasteiger partial charge in [0, 0.05) is 39.3 Å². The Kier molecular flexibility index (Phi) is 7.38. The van der Waals surface area contributed by atoms with Crippen LogP contribution >= 0.6 is 0 Å². The lowest BCUT2D eigenvalue weighted by atomic mass is 10.1. The van der Waals surface area contributed by atoms with E-state index in [2.05, 4.69) is 0 Å². The van der Waals surface area contributed by atoms with Gasteiger partial charge in [-0.2, -0.15) is 17.0 Å². The first-order valence-corrected chi connectivity index (χ1v) is 11.9. The fraction of sp³-hybridized carbons (Fsp3) is 0.667. The minimum Gasteiger partial charge on any atom is -0.493 e. The summed E-state index contributed by atoms with van der Waals surface area (Å²) in [6.07, 6.45) is 0.0329. The van der Waals surface area contributed by atoms with Gasteiger partial charge in [-0.3, -0.25) is 4.79 Å². The Morgan fingerprint density at radius 2 is 1.70 bits per heavy atom. The molecule has 0 aliphatic carbocycles. The standard InChI is InChI=1S/C21H33N3O5S/c1-16-5-6-20(17(2)13-16)28-12-7-21(25)22-8-10-23(11-9-22)30(26,27)24-14-18(3)29-19(4)15-24/h5-6,13,18-19H,7-12,14-15H2,1-4H3. The van der Waals surface area contributed by atoms with Gasteiger partial charge in [-0.05, 0) is 39.3 Å². The zero-order valence-electron chi connectivity index (χ0n) is 18.3. The normalized spacial score (nSPS) is 24.1. The first-order chi connectivity index (χ1) is 14.2. The number of aryl methyl sites for hydroxylation is 2. The number of hydrogen-bond acceptors (Lipinski definition) is 5. The second-order valence-electron chi connectivity index (χ2n) is 8.23. The molecule has 2 heterocycles. The van der Waals surface area contributed by atoms with Crippen LogP contribution in [0.15, 0.2) is 18.2 Å². The van der Waals surface area contributed by atoms with E-state index >= 15 is 0 Å². The van der Waals surface area contributed by atoms with Crippen LogP contribution in [0, 0.1) is 13.8 Å². The first-order valence-electron chi connectivity index (χ1n) is 10.6. The molecule has 3 rings (SSSR count). The van der Waals surface area contributed by atoms with Gasteiger partial charge in [0.05, 0.1) is 25.2 Å². The van der Waals surface area contributed by atoms with E-state index in [4.69, 9.17) is 9.47 Å². The van der Waals surface area contributed by atoms with Crippen molar-refractivity contribution in [3.63, 3.8) is 0 Å². The molecule has 0 radical (unpaired) electrons. The van der Waals surface area contributed by atoms with Crippen molar-refractivity contribution in [3.8, 4) is 5.75 Å². The Morgan fingerprint density at radius 3 is 2.30 bits per heavy atom. The number of benzene rings is 1. The second kappa shape index (κ2) is 9.64. The number of carbonyl (C=O) groups excluding carboxylic acids is 1. The molecule has 8 nitrogen and oxygen atoms in total. The molecule has 9 heteroatoms. The highest BCUT2D eigenvalue weighted by Crippen LogP contribution is 2.20. The molecule has 2 fully saturated rings. The molecular weight excluding hydrogens is 406 g/mol. The number of morpholine rings is 1. The topological polar surface area (TPSA) is 79.4 Å². The van der Waals surface area contributed by atoms with Gasteiger partial charge in [0.25, 0.3) is 10.2 Å². The first kappa shape index (κ1) is 23.0. The summed E-state index contributed by atoms with van der Waals surface area (Å²) < 4.78 is 40.3. The third-order valence-electron chi connectivity index (χ3n) is 5.53. The zero-order chi connectivity index (χ0) is 21.9. The lowest BCUT2D eigenvalue weighted by molar-refractivity contribution is -0.132. The number of nitrogens with zero attached hydrogens (tertiary/aromatic N) is 3. The number of amides is 1. The highest BCUT2D eigenvalue weighted by atomic mass is 32.2. The van der Waals surface area contributed by atoms with E-state index in [1.165, 1.54) is 14.2 Å². The smallest absolute Gasteiger partial charge is 0.282 e. The van der Waals surface area contributed by atoms with Crippen LogP contribution in [0.2, 0.25) is 0 Å². The molecule has 1 aromatic carbocycles. The van der Waals surface area contributed by atoms with Crippen molar-refractivity contribution >= 4 is 16.1 Å². The molecule has 1 amide bonds. The number of ether oxygens (including phenoxy) is 2. The van der Waals surface area contributed by atoms with Gasteiger partial charge in [-0.25, -0.2) is 0 Å². The van der Waals surface area contributed by atoms with Crippen LogP contribution in [-0.4, -0.2) is 85.9 Å². The molecular formula is C21H33N3O5S. The van der Waals surface area contributed by atoms with Gasteiger partial charge in [-0.15, -0.1) is 0 Å². The van der Waals surface area contributed by atoms with E-state index in [-0.39, 0.29) is 24.5 Å². The number of rotatable bonds is 6. The van der Waals surface area contributed by atoms with Gasteiger partial charge in [-0.1, -0.05) is 17.7 Å². The van der Waals surface area contributed by atoms with E-state index in [1.54, 1.807) is 4.90 Å². The van der Waals surface area contributed by atoms with E-state index in [9.17, 15) is 13.2 Å². The molecule has 0 spiro atoms. The number of piperazine rings is 1. The van der Waals surface area contributed by atoms with E-state index in [0.717, 1.165) is 11.3 Å². The van der Waals surface area contributed by atoms with Crippen molar-refractivity contribution in [2.24, 2.45) is 0 Å². The van der Waals surface area contributed by atoms with Crippen LogP contribution in [0.4, 0.5) is 0 Å². The summed E-state index contributed by atoms with van der Waals surface area (Å²) in [6.45, 7) is 10.2. The summed E-state index contributed by atoms with van der Waals surface area (Å²) in [5, 5.41) is 0. The molecule has 2 unspecified atom stereocenters. The Hall–Kier alpha value is -1.68. The molecule has 0 bridgehead atoms. The molecule has 0 aromatic heterocycles. The number of carbonyl (C=O) groups is 1.